The van der Waals surface area contributed by atoms with Crippen molar-refractivity contribution in [2.45, 2.75) is 44.6 Å². The molecule has 3 saturated heterocycles. The Bertz CT molecular complexity index is 942. The van der Waals surface area contributed by atoms with Crippen LogP contribution < -0.4 is 15.1 Å². The van der Waals surface area contributed by atoms with E-state index in [0.717, 1.165) is 96.7 Å². The zero-order valence-electron chi connectivity index (χ0n) is 20.5. The number of hydrogen-bond donors (Lipinski definition) is 1. The van der Waals surface area contributed by atoms with Crippen LogP contribution in [-0.4, -0.2) is 99.1 Å². The van der Waals surface area contributed by atoms with Crippen molar-refractivity contribution in [2.75, 3.05) is 75.4 Å². The van der Waals surface area contributed by atoms with E-state index in [9.17, 15) is 14.4 Å². The van der Waals surface area contributed by atoms with Gasteiger partial charge in [-0.05, 0) is 63.3 Å². The fourth-order valence-electron chi connectivity index (χ4n) is 5.71. The maximum Gasteiger partial charge on any atom is 0.253 e. The lowest BCUT2D eigenvalue weighted by atomic mass is 9.95. The van der Waals surface area contributed by atoms with Crippen LogP contribution >= 0.6 is 0 Å². The highest BCUT2D eigenvalue weighted by Gasteiger charge is 2.40. The normalized spacial score (nSPS) is 22.7. The Hall–Kier alpha value is -2.65. The van der Waals surface area contributed by atoms with E-state index in [0.29, 0.717) is 17.8 Å². The topological polar surface area (TPSA) is 85.4 Å². The Labute approximate surface area is 207 Å². The van der Waals surface area contributed by atoms with E-state index in [2.05, 4.69) is 15.1 Å². The van der Waals surface area contributed by atoms with Gasteiger partial charge in [0.05, 0.1) is 24.6 Å². The molecule has 1 unspecified atom stereocenters. The molecule has 5 rings (SSSR count). The van der Waals surface area contributed by atoms with E-state index in [1.807, 2.05) is 23.1 Å². The van der Waals surface area contributed by atoms with Crippen LogP contribution in [-0.2, 0) is 14.3 Å². The Morgan fingerprint density at radius 2 is 1.74 bits per heavy atom. The molecule has 0 spiro atoms. The van der Waals surface area contributed by atoms with Crippen LogP contribution in [0.3, 0.4) is 0 Å². The summed E-state index contributed by atoms with van der Waals surface area (Å²) in [5.41, 5.74) is 2.22. The number of benzene rings is 1. The lowest BCUT2D eigenvalue weighted by Gasteiger charge is -2.45. The molecule has 35 heavy (non-hydrogen) atoms. The average Bonchev–Trinajstić information content (AvgIpc) is 3.44. The molecular weight excluding hydrogens is 446 g/mol. The smallest absolute Gasteiger partial charge is 0.253 e. The van der Waals surface area contributed by atoms with E-state index < -0.39 is 0 Å². The Morgan fingerprint density at radius 1 is 0.971 bits per heavy atom. The summed E-state index contributed by atoms with van der Waals surface area (Å²) in [7, 11) is 0. The number of likely N-dealkylation sites (tertiary alicyclic amines) is 1. The summed E-state index contributed by atoms with van der Waals surface area (Å²) < 4.78 is 5.38. The molecule has 0 bridgehead atoms. The molecule has 0 aromatic heterocycles. The number of nitrogens with zero attached hydrogens (tertiary/aromatic N) is 4. The number of fused-ring (bicyclic) bond motifs is 3. The molecule has 9 nitrogen and oxygen atoms in total. The van der Waals surface area contributed by atoms with Crippen LogP contribution in [0.5, 0.6) is 0 Å². The predicted molar refractivity (Wildman–Crippen MR) is 134 cm³/mol. The molecular formula is C26H37N5O4. The molecule has 0 aliphatic carbocycles. The van der Waals surface area contributed by atoms with Crippen LogP contribution in [0, 0.1) is 0 Å². The standard InChI is InChI=1S/C26H37N5O4/c32-24(27-9-5-10-28-14-16-35-17-15-28)19-31-23-18-20(25(33)29-11-3-4-12-29)7-8-21(23)30-13-2-1-6-22(30)26(31)34/h7-8,18,22H,1-6,9-17,19H2,(H,27,32). The molecule has 3 amide bonds. The molecule has 9 heteroatoms. The first-order valence-corrected chi connectivity index (χ1v) is 13.2. The minimum Gasteiger partial charge on any atom is -0.379 e. The first-order valence-electron chi connectivity index (χ1n) is 13.2. The summed E-state index contributed by atoms with van der Waals surface area (Å²) in [4.78, 5) is 47.4. The molecule has 3 fully saturated rings. The Morgan fingerprint density at radius 3 is 2.54 bits per heavy atom. The van der Waals surface area contributed by atoms with Crippen molar-refractivity contribution in [3.8, 4) is 0 Å². The fourth-order valence-corrected chi connectivity index (χ4v) is 5.71. The molecule has 4 heterocycles. The Balaban J connectivity index is 1.28. The van der Waals surface area contributed by atoms with E-state index in [1.165, 1.54) is 0 Å². The zero-order chi connectivity index (χ0) is 24.2. The number of carbonyl (C=O) groups is 3. The van der Waals surface area contributed by atoms with E-state index >= 15 is 0 Å². The van der Waals surface area contributed by atoms with E-state index in [4.69, 9.17) is 4.74 Å². The van der Waals surface area contributed by atoms with Crippen LogP contribution in [0.15, 0.2) is 18.2 Å². The first kappa shape index (κ1) is 24.1. The molecule has 1 N–H and O–H groups in total. The molecule has 1 atom stereocenters. The lowest BCUT2D eigenvalue weighted by molar-refractivity contribution is -0.125. The third kappa shape index (κ3) is 5.30. The van der Waals surface area contributed by atoms with Crippen LogP contribution in [0.1, 0.15) is 48.9 Å². The third-order valence-electron chi connectivity index (χ3n) is 7.65. The quantitative estimate of drug-likeness (QED) is 0.592. The Kier molecular flexibility index (Phi) is 7.53. The third-order valence-corrected chi connectivity index (χ3v) is 7.65. The maximum atomic E-state index is 13.5. The van der Waals surface area contributed by atoms with Crippen LogP contribution in [0.4, 0.5) is 11.4 Å². The summed E-state index contributed by atoms with van der Waals surface area (Å²) in [5.74, 6) is -0.190. The number of anilines is 2. The molecule has 4 aliphatic heterocycles. The lowest BCUT2D eigenvalue weighted by Crippen LogP contribution is -2.57. The second kappa shape index (κ2) is 11.0. The summed E-state index contributed by atoms with van der Waals surface area (Å²) in [6, 6.07) is 5.44. The van der Waals surface area contributed by atoms with Crippen molar-refractivity contribution < 1.29 is 19.1 Å². The van der Waals surface area contributed by atoms with E-state index in [-0.39, 0.29) is 30.3 Å². The maximum absolute atomic E-state index is 13.5. The number of carbonyl (C=O) groups excluding carboxylic acids is 3. The van der Waals surface area contributed by atoms with Gasteiger partial charge in [0.1, 0.15) is 12.6 Å². The second-order valence-electron chi connectivity index (χ2n) is 9.99. The van der Waals surface area contributed by atoms with Gasteiger partial charge >= 0.3 is 0 Å². The number of piperidine rings is 1. The van der Waals surface area contributed by atoms with Crippen molar-refractivity contribution in [3.05, 3.63) is 23.8 Å². The molecule has 1 aromatic carbocycles. The van der Waals surface area contributed by atoms with Crippen LogP contribution in [0.25, 0.3) is 0 Å². The first-order chi connectivity index (χ1) is 17.1. The van der Waals surface area contributed by atoms with Crippen molar-refractivity contribution in [1.82, 2.24) is 15.1 Å². The van der Waals surface area contributed by atoms with Crippen molar-refractivity contribution >= 4 is 29.1 Å². The number of morpholine rings is 1. The van der Waals surface area contributed by atoms with Gasteiger partial charge in [-0.3, -0.25) is 24.2 Å². The second-order valence-corrected chi connectivity index (χ2v) is 9.99. The highest BCUT2D eigenvalue weighted by molar-refractivity contribution is 6.09. The highest BCUT2D eigenvalue weighted by atomic mass is 16.5. The minimum atomic E-state index is -0.231. The van der Waals surface area contributed by atoms with Gasteiger partial charge in [0, 0.05) is 44.8 Å². The number of hydrogen-bond acceptors (Lipinski definition) is 6. The molecule has 0 radical (unpaired) electrons. The summed E-state index contributed by atoms with van der Waals surface area (Å²) in [6.45, 7) is 7.26. The summed E-state index contributed by atoms with van der Waals surface area (Å²) in [6.07, 6.45) is 5.77. The SMILES string of the molecule is O=C(CN1C(=O)C2CCCCN2c2ccc(C(=O)N3CCCC3)cc21)NCCCN1CCOCC1. The molecule has 4 aliphatic rings. The van der Waals surface area contributed by atoms with Gasteiger partial charge < -0.3 is 19.9 Å². The largest absolute Gasteiger partial charge is 0.379 e. The average molecular weight is 484 g/mol. The zero-order valence-corrected chi connectivity index (χ0v) is 20.5. The number of ether oxygens (including phenoxy) is 1. The number of amides is 3. The number of nitrogens with one attached hydrogen (secondary N) is 1. The molecule has 190 valence electrons. The van der Waals surface area contributed by atoms with Gasteiger partial charge in [-0.25, -0.2) is 0 Å². The predicted octanol–water partition coefficient (Wildman–Crippen LogP) is 1.47. The van der Waals surface area contributed by atoms with Crippen molar-refractivity contribution in [2.24, 2.45) is 0 Å². The molecule has 1 aromatic rings. The van der Waals surface area contributed by atoms with E-state index in [1.54, 1.807) is 4.90 Å². The van der Waals surface area contributed by atoms with Gasteiger partial charge in [0.2, 0.25) is 11.8 Å². The van der Waals surface area contributed by atoms with Gasteiger partial charge in [-0.1, -0.05) is 0 Å². The van der Waals surface area contributed by atoms with Gasteiger partial charge in [0.15, 0.2) is 0 Å². The van der Waals surface area contributed by atoms with Crippen molar-refractivity contribution in [3.63, 3.8) is 0 Å². The van der Waals surface area contributed by atoms with Gasteiger partial charge in [-0.15, -0.1) is 0 Å². The van der Waals surface area contributed by atoms with Gasteiger partial charge in [-0.2, -0.15) is 0 Å². The minimum absolute atomic E-state index is 0.00558. The summed E-state index contributed by atoms with van der Waals surface area (Å²) in [5, 5.41) is 3.00. The van der Waals surface area contributed by atoms with Gasteiger partial charge in [0.25, 0.3) is 5.91 Å². The number of rotatable bonds is 7. The fraction of sp³-hybridized carbons (Fsp3) is 0.654. The highest BCUT2D eigenvalue weighted by Crippen LogP contribution is 2.40. The van der Waals surface area contributed by atoms with Crippen LogP contribution in [0.2, 0.25) is 0 Å². The van der Waals surface area contributed by atoms with Crippen molar-refractivity contribution in [1.29, 1.82) is 0 Å². The monoisotopic (exact) mass is 483 g/mol. The summed E-state index contributed by atoms with van der Waals surface area (Å²) >= 11 is 0. The molecule has 0 saturated carbocycles.